The molecule has 0 saturated heterocycles. The minimum Gasteiger partial charge on any atom is -0.478 e. The number of allylic oxidation sites excluding steroid dienone is 1. The molecule has 2 nitrogen and oxygen atoms in total. The van der Waals surface area contributed by atoms with E-state index in [9.17, 15) is 9.18 Å². The van der Waals surface area contributed by atoms with Crippen LogP contribution in [-0.4, -0.2) is 17.2 Å². The van der Waals surface area contributed by atoms with Gasteiger partial charge >= 0.3 is 5.97 Å². The maximum atomic E-state index is 12.3. The summed E-state index contributed by atoms with van der Waals surface area (Å²) in [5.74, 6) is -1.02. The maximum Gasteiger partial charge on any atom is 0.331 e. The molecule has 0 aromatic carbocycles. The number of carbonyl (C=O) groups is 1. The molecule has 0 aliphatic heterocycles. The number of alkyl halides is 1. The molecule has 64 valence electrons. The Hall–Kier alpha value is -0.860. The Morgan fingerprint density at radius 3 is 2.55 bits per heavy atom. The van der Waals surface area contributed by atoms with E-state index in [1.54, 1.807) is 0 Å². The lowest BCUT2D eigenvalue weighted by Gasteiger charge is -1.99. The van der Waals surface area contributed by atoms with Crippen molar-refractivity contribution in [1.29, 1.82) is 0 Å². The molecule has 0 aromatic rings. The molecule has 0 amide bonds. The second-order valence-corrected chi connectivity index (χ2v) is 2.42. The Kier molecular flexibility index (Phi) is 4.50. The molecule has 0 aliphatic rings. The molecule has 0 rings (SSSR count). The van der Waals surface area contributed by atoms with Gasteiger partial charge in [0.2, 0.25) is 0 Å². The number of carboxylic acids is 1. The van der Waals surface area contributed by atoms with Crippen molar-refractivity contribution in [3.63, 3.8) is 0 Å². The maximum absolute atomic E-state index is 12.3. The second kappa shape index (κ2) is 4.88. The molecule has 1 unspecified atom stereocenters. The highest BCUT2D eigenvalue weighted by Crippen LogP contribution is 2.07. The lowest BCUT2D eigenvalue weighted by atomic mass is 10.1. The van der Waals surface area contributed by atoms with Gasteiger partial charge in [-0.25, -0.2) is 9.18 Å². The van der Waals surface area contributed by atoms with Gasteiger partial charge in [0.1, 0.15) is 6.17 Å². The van der Waals surface area contributed by atoms with Gasteiger partial charge in [-0.1, -0.05) is 13.3 Å². The van der Waals surface area contributed by atoms with Crippen molar-refractivity contribution in [2.45, 2.75) is 32.9 Å². The Labute approximate surface area is 65.7 Å². The highest BCUT2D eigenvalue weighted by Gasteiger charge is 2.06. The zero-order valence-corrected chi connectivity index (χ0v) is 6.80. The van der Waals surface area contributed by atoms with Crippen molar-refractivity contribution in [2.75, 3.05) is 0 Å². The first kappa shape index (κ1) is 10.1. The van der Waals surface area contributed by atoms with Crippen molar-refractivity contribution in [2.24, 2.45) is 0 Å². The van der Waals surface area contributed by atoms with E-state index in [2.05, 4.69) is 0 Å². The molecular formula is C8H13FO2. The van der Waals surface area contributed by atoms with Gasteiger partial charge in [0, 0.05) is 5.57 Å². The zero-order valence-electron chi connectivity index (χ0n) is 6.80. The van der Waals surface area contributed by atoms with E-state index < -0.39 is 12.1 Å². The average Bonchev–Trinajstić information content (AvgIpc) is 1.86. The summed E-state index contributed by atoms with van der Waals surface area (Å²) in [5, 5.41) is 8.52. The van der Waals surface area contributed by atoms with Crippen molar-refractivity contribution in [1.82, 2.24) is 0 Å². The van der Waals surface area contributed by atoms with Gasteiger partial charge in [-0.15, -0.1) is 0 Å². The highest BCUT2D eigenvalue weighted by atomic mass is 19.1. The smallest absolute Gasteiger partial charge is 0.331 e. The summed E-state index contributed by atoms with van der Waals surface area (Å²) in [4.78, 5) is 10.4. The van der Waals surface area contributed by atoms with Crippen LogP contribution in [0.4, 0.5) is 4.39 Å². The minimum atomic E-state index is -1.17. The van der Waals surface area contributed by atoms with Crippen LogP contribution in [0.1, 0.15) is 26.7 Å². The van der Waals surface area contributed by atoms with Crippen LogP contribution < -0.4 is 0 Å². The van der Waals surface area contributed by atoms with Gasteiger partial charge < -0.3 is 5.11 Å². The van der Waals surface area contributed by atoms with E-state index >= 15 is 0 Å². The van der Waals surface area contributed by atoms with Crippen molar-refractivity contribution in [3.8, 4) is 0 Å². The summed E-state index contributed by atoms with van der Waals surface area (Å²) in [7, 11) is 0. The molecule has 0 heterocycles. The fourth-order valence-corrected chi connectivity index (χ4v) is 0.808. The van der Waals surface area contributed by atoms with E-state index in [1.807, 2.05) is 6.92 Å². The van der Waals surface area contributed by atoms with Crippen molar-refractivity contribution < 1.29 is 14.3 Å². The van der Waals surface area contributed by atoms with E-state index in [-0.39, 0.29) is 5.57 Å². The summed E-state index contributed by atoms with van der Waals surface area (Å²) < 4.78 is 12.3. The molecular weight excluding hydrogens is 147 g/mol. The van der Waals surface area contributed by atoms with E-state index in [4.69, 9.17) is 5.11 Å². The average molecular weight is 160 g/mol. The Balaban J connectivity index is 4.20. The molecule has 0 fully saturated rings. The van der Waals surface area contributed by atoms with E-state index in [0.717, 1.165) is 12.5 Å². The predicted molar refractivity (Wildman–Crippen MR) is 41.2 cm³/mol. The first-order valence-electron chi connectivity index (χ1n) is 3.66. The zero-order chi connectivity index (χ0) is 8.85. The predicted octanol–water partition coefficient (Wildman–Crippen LogP) is 2.16. The summed E-state index contributed by atoms with van der Waals surface area (Å²) in [6.45, 7) is 3.18. The first-order valence-corrected chi connectivity index (χ1v) is 3.66. The van der Waals surface area contributed by atoms with Crippen LogP contribution in [0.5, 0.6) is 0 Å². The minimum absolute atomic E-state index is 0.169. The van der Waals surface area contributed by atoms with Gasteiger partial charge in [-0.05, 0) is 19.4 Å². The monoisotopic (exact) mass is 160 g/mol. The van der Waals surface area contributed by atoms with E-state index in [0.29, 0.717) is 6.42 Å². The lowest BCUT2D eigenvalue weighted by molar-refractivity contribution is -0.132. The number of carboxylic acid groups (broad SMARTS) is 1. The van der Waals surface area contributed by atoms with Gasteiger partial charge in [0.05, 0.1) is 0 Å². The molecule has 3 heteroatoms. The van der Waals surface area contributed by atoms with Crippen LogP contribution >= 0.6 is 0 Å². The number of rotatable bonds is 4. The third kappa shape index (κ3) is 4.53. The lowest BCUT2D eigenvalue weighted by Crippen LogP contribution is -2.02. The second-order valence-electron chi connectivity index (χ2n) is 2.42. The summed E-state index contributed by atoms with van der Waals surface area (Å²) >= 11 is 0. The molecule has 11 heavy (non-hydrogen) atoms. The number of aliphatic carboxylic acids is 1. The molecule has 1 N–H and O–H groups in total. The Morgan fingerprint density at radius 2 is 2.27 bits per heavy atom. The Bertz CT molecular complexity index is 161. The van der Waals surface area contributed by atoms with Gasteiger partial charge in [-0.3, -0.25) is 0 Å². The van der Waals surface area contributed by atoms with Crippen LogP contribution in [0, 0.1) is 0 Å². The molecule has 1 atom stereocenters. The highest BCUT2D eigenvalue weighted by molar-refractivity contribution is 5.86. The number of hydrogen-bond acceptors (Lipinski definition) is 1. The first-order chi connectivity index (χ1) is 5.07. The van der Waals surface area contributed by atoms with Crippen molar-refractivity contribution >= 4 is 5.97 Å². The van der Waals surface area contributed by atoms with Gasteiger partial charge in [0.15, 0.2) is 0 Å². The van der Waals surface area contributed by atoms with E-state index in [1.165, 1.54) is 6.92 Å². The fraction of sp³-hybridized carbons (Fsp3) is 0.625. The van der Waals surface area contributed by atoms with Crippen molar-refractivity contribution in [3.05, 3.63) is 11.6 Å². The third-order valence-electron chi connectivity index (χ3n) is 1.22. The van der Waals surface area contributed by atoms with Crippen LogP contribution in [0.2, 0.25) is 0 Å². The van der Waals surface area contributed by atoms with Crippen LogP contribution in [-0.2, 0) is 4.79 Å². The quantitative estimate of drug-likeness (QED) is 0.640. The SMILES string of the molecule is CCC/C(=C/C(C)F)C(=O)O. The summed E-state index contributed by atoms with van der Waals surface area (Å²) in [6.07, 6.45) is 1.13. The van der Waals surface area contributed by atoms with Crippen LogP contribution in [0.25, 0.3) is 0 Å². The largest absolute Gasteiger partial charge is 0.478 e. The summed E-state index contributed by atoms with van der Waals surface area (Å²) in [5.41, 5.74) is 0.169. The Morgan fingerprint density at radius 1 is 1.73 bits per heavy atom. The summed E-state index contributed by atoms with van der Waals surface area (Å²) in [6, 6.07) is 0. The molecule has 0 bridgehead atoms. The molecule has 0 radical (unpaired) electrons. The third-order valence-corrected chi connectivity index (χ3v) is 1.22. The topological polar surface area (TPSA) is 37.3 Å². The molecule has 0 aromatic heterocycles. The number of halogens is 1. The molecule has 0 saturated carbocycles. The normalized spacial score (nSPS) is 14.6. The fourth-order valence-electron chi connectivity index (χ4n) is 0.808. The number of hydrogen-bond donors (Lipinski definition) is 1. The van der Waals surface area contributed by atoms with Crippen LogP contribution in [0.15, 0.2) is 11.6 Å². The molecule has 0 spiro atoms. The van der Waals surface area contributed by atoms with Crippen LogP contribution in [0.3, 0.4) is 0 Å². The van der Waals surface area contributed by atoms with Gasteiger partial charge in [0.25, 0.3) is 0 Å². The molecule has 0 aliphatic carbocycles. The van der Waals surface area contributed by atoms with Gasteiger partial charge in [-0.2, -0.15) is 0 Å². The standard InChI is InChI=1S/C8H13FO2/c1-3-4-7(8(10)11)5-6(2)9/h5-6H,3-4H2,1-2H3,(H,10,11)/b7-5-.